The van der Waals surface area contributed by atoms with E-state index in [4.69, 9.17) is 0 Å². The van der Waals surface area contributed by atoms with Crippen molar-refractivity contribution < 1.29 is 4.79 Å². The van der Waals surface area contributed by atoms with E-state index in [1.165, 1.54) is 0 Å². The van der Waals surface area contributed by atoms with Gasteiger partial charge in [0.05, 0.1) is 23.4 Å². The van der Waals surface area contributed by atoms with Gasteiger partial charge in [-0.25, -0.2) is 4.99 Å². The summed E-state index contributed by atoms with van der Waals surface area (Å²) < 4.78 is 4.11. The highest BCUT2D eigenvalue weighted by Gasteiger charge is 2.12. The smallest absolute Gasteiger partial charge is 0.187 e. The molecule has 0 unspecified atom stereocenters. The van der Waals surface area contributed by atoms with Crippen LogP contribution >= 0.6 is 27.3 Å². The Bertz CT molecular complexity index is 925. The summed E-state index contributed by atoms with van der Waals surface area (Å²) in [7, 11) is 3.96. The normalized spacial score (nSPS) is 12.2. The number of carbonyl (C=O) groups is 1. The molecule has 0 radical (unpaired) electrons. The molecule has 3 aromatic rings. The number of fused-ring (bicyclic) bond motifs is 1. The van der Waals surface area contributed by atoms with E-state index in [0.29, 0.717) is 12.2 Å². The summed E-state index contributed by atoms with van der Waals surface area (Å²) in [6, 6.07) is 15.6. The van der Waals surface area contributed by atoms with E-state index in [1.54, 1.807) is 11.3 Å². The maximum Gasteiger partial charge on any atom is 0.187 e. The van der Waals surface area contributed by atoms with Crippen LogP contribution in [-0.4, -0.2) is 36.0 Å². The lowest BCUT2D eigenvalue weighted by atomic mass is 10.1. The molecule has 0 aliphatic heterocycles. The minimum absolute atomic E-state index is 0.0809. The van der Waals surface area contributed by atoms with Crippen molar-refractivity contribution in [3.63, 3.8) is 0 Å². The van der Waals surface area contributed by atoms with Gasteiger partial charge in [-0.15, -0.1) is 0 Å². The Kier molecular flexibility index (Phi) is 5.28. The number of carbonyl (C=O) groups excluding carboxylic acids is 1. The van der Waals surface area contributed by atoms with Gasteiger partial charge >= 0.3 is 0 Å². The Morgan fingerprint density at radius 2 is 1.88 bits per heavy atom. The van der Waals surface area contributed by atoms with Crippen molar-refractivity contribution in [2.75, 3.05) is 20.8 Å². The molecule has 0 N–H and O–H groups in total. The summed E-state index contributed by atoms with van der Waals surface area (Å²) >= 11 is 5.01. The zero-order valence-corrected chi connectivity index (χ0v) is 16.0. The van der Waals surface area contributed by atoms with Crippen LogP contribution in [0.4, 0.5) is 0 Å². The van der Waals surface area contributed by atoms with E-state index < -0.39 is 0 Å². The number of nitrogens with zero attached hydrogens (tertiary/aromatic N) is 3. The van der Waals surface area contributed by atoms with Crippen molar-refractivity contribution in [1.82, 2.24) is 9.47 Å². The van der Waals surface area contributed by atoms with Gasteiger partial charge in [0.25, 0.3) is 0 Å². The van der Waals surface area contributed by atoms with E-state index >= 15 is 0 Å². The van der Waals surface area contributed by atoms with Gasteiger partial charge < -0.3 is 4.57 Å². The average Bonchev–Trinajstić information content (AvgIpc) is 2.91. The van der Waals surface area contributed by atoms with Gasteiger partial charge in [-0.2, -0.15) is 0 Å². The van der Waals surface area contributed by atoms with Gasteiger partial charge in [0.2, 0.25) is 0 Å². The molecule has 0 bridgehead atoms. The standard InChI is InChI=1S/C18H18BrN3OS/c1-21(2)12-20-18-22(15-5-3-4-6-17(15)24-18)11-16(23)13-7-9-14(19)10-8-13/h3-10H,11-12H2,1-2H3. The fraction of sp³-hybridized carbons (Fsp3) is 0.222. The van der Waals surface area contributed by atoms with Gasteiger partial charge in [0.1, 0.15) is 0 Å². The Labute approximate surface area is 153 Å². The highest BCUT2D eigenvalue weighted by Crippen LogP contribution is 2.18. The Morgan fingerprint density at radius 3 is 2.58 bits per heavy atom. The number of Topliss-reactive ketones (excluding diaryl/α,β-unsaturated/α-hetero) is 1. The fourth-order valence-electron chi connectivity index (χ4n) is 2.37. The minimum Gasteiger partial charge on any atom is -0.309 e. The van der Waals surface area contributed by atoms with E-state index in [2.05, 4.69) is 27.0 Å². The molecule has 0 aliphatic rings. The molecule has 24 heavy (non-hydrogen) atoms. The summed E-state index contributed by atoms with van der Waals surface area (Å²) in [5.41, 5.74) is 1.75. The molecule has 0 atom stereocenters. The zero-order chi connectivity index (χ0) is 17.1. The third-order valence-corrected chi connectivity index (χ3v) is 5.17. The van der Waals surface area contributed by atoms with Crippen LogP contribution in [0.5, 0.6) is 0 Å². The van der Waals surface area contributed by atoms with Crippen molar-refractivity contribution in [3.05, 3.63) is 63.4 Å². The maximum atomic E-state index is 12.7. The topological polar surface area (TPSA) is 37.6 Å². The Balaban J connectivity index is 2.00. The molecule has 0 spiro atoms. The third kappa shape index (κ3) is 3.83. The lowest BCUT2D eigenvalue weighted by molar-refractivity contribution is 0.0972. The number of rotatable bonds is 5. The second kappa shape index (κ2) is 7.42. The number of halogens is 1. The van der Waals surface area contributed by atoms with Crippen LogP contribution in [0.1, 0.15) is 10.4 Å². The summed E-state index contributed by atoms with van der Waals surface area (Å²) in [5.74, 6) is 0.0809. The number of benzene rings is 2. The number of hydrogen-bond donors (Lipinski definition) is 0. The molecule has 124 valence electrons. The first kappa shape index (κ1) is 17.1. The molecular formula is C18H18BrN3OS. The van der Waals surface area contributed by atoms with Crippen molar-refractivity contribution in [2.45, 2.75) is 6.54 Å². The number of hydrogen-bond acceptors (Lipinski definition) is 4. The summed E-state index contributed by atoms with van der Waals surface area (Å²) in [6.45, 7) is 0.886. The summed E-state index contributed by atoms with van der Waals surface area (Å²) in [4.78, 5) is 20.2. The highest BCUT2D eigenvalue weighted by atomic mass is 79.9. The Morgan fingerprint density at radius 1 is 1.17 bits per heavy atom. The lowest BCUT2D eigenvalue weighted by Gasteiger charge is -2.07. The summed E-state index contributed by atoms with van der Waals surface area (Å²) in [5, 5.41) is 0. The number of para-hydroxylation sites is 1. The molecule has 0 saturated heterocycles. The SMILES string of the molecule is CN(C)CN=c1sc2ccccc2n1CC(=O)c1ccc(Br)cc1. The van der Waals surface area contributed by atoms with E-state index in [-0.39, 0.29) is 12.3 Å². The number of ketones is 1. The number of aromatic nitrogens is 1. The number of thiazole rings is 1. The molecule has 6 heteroatoms. The first-order chi connectivity index (χ1) is 11.5. The first-order valence-electron chi connectivity index (χ1n) is 7.57. The van der Waals surface area contributed by atoms with Crippen LogP contribution in [0.15, 0.2) is 58.0 Å². The zero-order valence-electron chi connectivity index (χ0n) is 13.6. The largest absolute Gasteiger partial charge is 0.309 e. The second-order valence-electron chi connectivity index (χ2n) is 5.75. The second-order valence-corrected chi connectivity index (χ2v) is 7.67. The van der Waals surface area contributed by atoms with Gasteiger partial charge in [0, 0.05) is 10.0 Å². The lowest BCUT2D eigenvalue weighted by Crippen LogP contribution is -2.23. The van der Waals surface area contributed by atoms with Crippen LogP contribution in [0.3, 0.4) is 0 Å². The van der Waals surface area contributed by atoms with Crippen LogP contribution in [-0.2, 0) is 6.54 Å². The quantitative estimate of drug-likeness (QED) is 0.608. The first-order valence-corrected chi connectivity index (χ1v) is 9.18. The molecule has 1 heterocycles. The molecule has 1 aromatic heterocycles. The predicted octanol–water partition coefficient (Wildman–Crippen LogP) is 3.77. The third-order valence-electron chi connectivity index (χ3n) is 3.54. The van der Waals surface area contributed by atoms with Crippen LogP contribution < -0.4 is 4.80 Å². The average molecular weight is 404 g/mol. The molecule has 0 fully saturated rings. The molecule has 3 rings (SSSR count). The molecule has 2 aromatic carbocycles. The van der Waals surface area contributed by atoms with Gasteiger partial charge in [-0.3, -0.25) is 9.69 Å². The van der Waals surface area contributed by atoms with Gasteiger partial charge in [0.15, 0.2) is 10.6 Å². The monoisotopic (exact) mass is 403 g/mol. The maximum absolute atomic E-state index is 12.7. The van der Waals surface area contributed by atoms with Gasteiger partial charge in [-0.1, -0.05) is 51.5 Å². The van der Waals surface area contributed by atoms with Crippen LogP contribution in [0, 0.1) is 0 Å². The fourth-order valence-corrected chi connectivity index (χ4v) is 3.65. The Hall–Kier alpha value is -1.76. The molecular weight excluding hydrogens is 386 g/mol. The van der Waals surface area contributed by atoms with E-state index in [1.807, 2.05) is 66.0 Å². The molecule has 0 aliphatic carbocycles. The molecule has 4 nitrogen and oxygen atoms in total. The van der Waals surface area contributed by atoms with Crippen LogP contribution in [0.25, 0.3) is 10.2 Å². The highest BCUT2D eigenvalue weighted by molar-refractivity contribution is 9.10. The van der Waals surface area contributed by atoms with Gasteiger partial charge in [-0.05, 0) is 38.4 Å². The van der Waals surface area contributed by atoms with Crippen LogP contribution in [0.2, 0.25) is 0 Å². The van der Waals surface area contributed by atoms with E-state index in [0.717, 1.165) is 19.5 Å². The van der Waals surface area contributed by atoms with Crippen molar-refractivity contribution in [2.24, 2.45) is 4.99 Å². The molecule has 0 amide bonds. The van der Waals surface area contributed by atoms with Crippen molar-refractivity contribution in [3.8, 4) is 0 Å². The minimum atomic E-state index is 0.0809. The molecule has 0 saturated carbocycles. The van der Waals surface area contributed by atoms with Crippen molar-refractivity contribution >= 4 is 43.3 Å². The van der Waals surface area contributed by atoms with E-state index in [9.17, 15) is 4.79 Å². The predicted molar refractivity (Wildman–Crippen MR) is 102 cm³/mol. The van der Waals surface area contributed by atoms with Crippen molar-refractivity contribution in [1.29, 1.82) is 0 Å². The summed E-state index contributed by atoms with van der Waals surface area (Å²) in [6.07, 6.45) is 0.